The second-order valence-corrected chi connectivity index (χ2v) is 4.38. The van der Waals surface area contributed by atoms with Crippen LogP contribution >= 0.6 is 11.6 Å². The molecule has 1 heterocycles. The summed E-state index contributed by atoms with van der Waals surface area (Å²) < 4.78 is 5.33. The van der Waals surface area contributed by atoms with Gasteiger partial charge in [0.25, 0.3) is 11.8 Å². The first-order chi connectivity index (χ1) is 9.10. The van der Waals surface area contributed by atoms with E-state index in [2.05, 4.69) is 0 Å². The van der Waals surface area contributed by atoms with Crippen LogP contribution in [0.4, 0.5) is 0 Å². The molecule has 0 N–H and O–H groups in total. The summed E-state index contributed by atoms with van der Waals surface area (Å²) in [6.07, 6.45) is 0. The number of imide groups is 1. The van der Waals surface area contributed by atoms with E-state index in [1.54, 1.807) is 31.2 Å². The van der Waals surface area contributed by atoms with Crippen LogP contribution in [0.3, 0.4) is 0 Å². The van der Waals surface area contributed by atoms with Crippen molar-refractivity contribution in [2.45, 2.75) is 13.8 Å². The highest BCUT2D eigenvalue weighted by Crippen LogP contribution is 2.32. The molecule has 1 aromatic rings. The maximum absolute atomic E-state index is 12.1. The molecule has 0 fully saturated rings. The topological polar surface area (TPSA) is 46.6 Å². The fourth-order valence-electron chi connectivity index (χ4n) is 1.97. The highest BCUT2D eigenvalue weighted by molar-refractivity contribution is 6.55. The highest BCUT2D eigenvalue weighted by atomic mass is 35.5. The minimum absolute atomic E-state index is 0.0176. The number of ether oxygens (including phenoxy) is 1. The van der Waals surface area contributed by atoms with Crippen LogP contribution in [-0.4, -0.2) is 29.9 Å². The first-order valence-electron chi connectivity index (χ1n) is 6.09. The third-order valence-corrected chi connectivity index (χ3v) is 3.23. The fraction of sp³-hybridized carbons (Fsp3) is 0.286. The molecular formula is C14H14ClNO3. The Kier molecular flexibility index (Phi) is 3.90. The minimum Gasteiger partial charge on any atom is -0.494 e. The lowest BCUT2D eigenvalue weighted by molar-refractivity contribution is -0.136. The van der Waals surface area contributed by atoms with E-state index in [-0.39, 0.29) is 16.5 Å². The summed E-state index contributed by atoms with van der Waals surface area (Å²) in [5, 5.41) is -0.0176. The van der Waals surface area contributed by atoms with Gasteiger partial charge in [-0.3, -0.25) is 14.5 Å². The summed E-state index contributed by atoms with van der Waals surface area (Å²) in [7, 11) is 0. The molecule has 2 rings (SSSR count). The maximum Gasteiger partial charge on any atom is 0.273 e. The largest absolute Gasteiger partial charge is 0.494 e. The van der Waals surface area contributed by atoms with Gasteiger partial charge in [0.1, 0.15) is 10.8 Å². The van der Waals surface area contributed by atoms with E-state index in [4.69, 9.17) is 16.3 Å². The molecule has 0 saturated heterocycles. The smallest absolute Gasteiger partial charge is 0.273 e. The second-order valence-electron chi connectivity index (χ2n) is 4.00. The lowest BCUT2D eigenvalue weighted by atomic mass is 10.1. The number of carbonyl (C=O) groups is 2. The lowest BCUT2D eigenvalue weighted by Gasteiger charge is -2.11. The van der Waals surface area contributed by atoms with Crippen LogP contribution in [0.25, 0.3) is 5.57 Å². The van der Waals surface area contributed by atoms with Gasteiger partial charge in [-0.25, -0.2) is 0 Å². The molecule has 100 valence electrons. The third-order valence-electron chi connectivity index (χ3n) is 2.88. The number of amides is 2. The highest BCUT2D eigenvalue weighted by Gasteiger charge is 2.36. The summed E-state index contributed by atoms with van der Waals surface area (Å²) in [5.41, 5.74) is 0.888. The maximum atomic E-state index is 12.1. The number of benzene rings is 1. The van der Waals surface area contributed by atoms with Crippen molar-refractivity contribution >= 4 is 29.0 Å². The Morgan fingerprint density at radius 1 is 1.11 bits per heavy atom. The monoisotopic (exact) mass is 279 g/mol. The third kappa shape index (κ3) is 2.36. The number of nitrogens with zero attached hydrogens (tertiary/aromatic N) is 1. The molecule has 1 aliphatic rings. The van der Waals surface area contributed by atoms with Gasteiger partial charge < -0.3 is 4.74 Å². The number of carbonyl (C=O) groups excluding carboxylic acids is 2. The van der Waals surface area contributed by atoms with Crippen molar-refractivity contribution in [2.24, 2.45) is 0 Å². The zero-order valence-corrected chi connectivity index (χ0v) is 11.5. The van der Waals surface area contributed by atoms with Crippen molar-refractivity contribution in [3.8, 4) is 5.75 Å². The van der Waals surface area contributed by atoms with Crippen molar-refractivity contribution < 1.29 is 14.3 Å². The molecular weight excluding hydrogens is 266 g/mol. The molecule has 2 amide bonds. The quantitative estimate of drug-likeness (QED) is 0.795. The van der Waals surface area contributed by atoms with E-state index in [0.717, 1.165) is 4.90 Å². The summed E-state index contributed by atoms with van der Waals surface area (Å²) >= 11 is 5.97. The molecule has 0 bridgehead atoms. The van der Waals surface area contributed by atoms with Crippen LogP contribution < -0.4 is 4.74 Å². The van der Waals surface area contributed by atoms with Crippen LogP contribution in [0.1, 0.15) is 19.4 Å². The Hall–Kier alpha value is -1.81. The predicted molar refractivity (Wildman–Crippen MR) is 72.8 cm³/mol. The van der Waals surface area contributed by atoms with E-state index < -0.39 is 5.91 Å². The Morgan fingerprint density at radius 2 is 1.74 bits per heavy atom. The van der Waals surface area contributed by atoms with Gasteiger partial charge in [-0.2, -0.15) is 0 Å². The second kappa shape index (κ2) is 5.45. The van der Waals surface area contributed by atoms with Crippen LogP contribution in [0, 0.1) is 0 Å². The van der Waals surface area contributed by atoms with Crippen molar-refractivity contribution in [1.29, 1.82) is 0 Å². The number of hydrogen-bond acceptors (Lipinski definition) is 3. The standard InChI is InChI=1S/C14H14ClNO3/c1-3-16-13(17)11(12(15)14(16)18)9-5-7-10(8-6-9)19-4-2/h5-8H,3-4H2,1-2H3. The van der Waals surface area contributed by atoms with Gasteiger partial charge >= 0.3 is 0 Å². The molecule has 4 nitrogen and oxygen atoms in total. The molecule has 1 aromatic carbocycles. The Bertz CT molecular complexity index is 548. The summed E-state index contributed by atoms with van der Waals surface area (Å²) in [6, 6.07) is 6.96. The molecule has 0 aliphatic carbocycles. The van der Waals surface area contributed by atoms with Crippen molar-refractivity contribution in [2.75, 3.05) is 13.2 Å². The SMILES string of the molecule is CCOc1ccc(C2=C(Cl)C(=O)N(CC)C2=O)cc1. The van der Waals surface area contributed by atoms with Crippen molar-refractivity contribution in [3.63, 3.8) is 0 Å². The zero-order valence-electron chi connectivity index (χ0n) is 10.8. The van der Waals surface area contributed by atoms with Crippen LogP contribution in [-0.2, 0) is 9.59 Å². The molecule has 19 heavy (non-hydrogen) atoms. The lowest BCUT2D eigenvalue weighted by Crippen LogP contribution is -2.30. The Morgan fingerprint density at radius 3 is 2.21 bits per heavy atom. The summed E-state index contributed by atoms with van der Waals surface area (Å²) in [6.45, 7) is 4.52. The van der Waals surface area contributed by atoms with E-state index in [9.17, 15) is 9.59 Å². The van der Waals surface area contributed by atoms with E-state index in [1.807, 2.05) is 6.92 Å². The van der Waals surface area contributed by atoms with E-state index in [0.29, 0.717) is 24.5 Å². The molecule has 0 spiro atoms. The molecule has 0 radical (unpaired) electrons. The van der Waals surface area contributed by atoms with Crippen LogP contribution in [0.2, 0.25) is 0 Å². The number of hydrogen-bond donors (Lipinski definition) is 0. The molecule has 0 aromatic heterocycles. The van der Waals surface area contributed by atoms with Gasteiger partial charge in [-0.1, -0.05) is 23.7 Å². The van der Waals surface area contributed by atoms with Crippen molar-refractivity contribution in [1.82, 2.24) is 4.90 Å². The predicted octanol–water partition coefficient (Wildman–Crippen LogP) is 2.42. The average Bonchev–Trinajstić information content (AvgIpc) is 2.62. The normalized spacial score (nSPS) is 15.4. The van der Waals surface area contributed by atoms with E-state index in [1.165, 1.54) is 0 Å². The van der Waals surface area contributed by atoms with Gasteiger partial charge in [0.2, 0.25) is 0 Å². The van der Waals surface area contributed by atoms with Gasteiger partial charge in [-0.05, 0) is 31.5 Å². The summed E-state index contributed by atoms with van der Waals surface area (Å²) in [5.74, 6) is -0.0631. The molecule has 0 unspecified atom stereocenters. The summed E-state index contributed by atoms with van der Waals surface area (Å²) in [4.78, 5) is 25.0. The minimum atomic E-state index is -0.432. The first-order valence-corrected chi connectivity index (χ1v) is 6.47. The van der Waals surface area contributed by atoms with Gasteiger partial charge in [-0.15, -0.1) is 0 Å². The average molecular weight is 280 g/mol. The zero-order chi connectivity index (χ0) is 14.0. The molecule has 0 saturated carbocycles. The number of rotatable bonds is 4. The molecule has 1 aliphatic heterocycles. The fourth-order valence-corrected chi connectivity index (χ4v) is 2.26. The van der Waals surface area contributed by atoms with Gasteiger partial charge in [0, 0.05) is 6.54 Å². The van der Waals surface area contributed by atoms with Crippen LogP contribution in [0.15, 0.2) is 29.3 Å². The Labute approximate surface area is 116 Å². The number of likely N-dealkylation sites (N-methyl/N-ethyl adjacent to an activating group) is 1. The van der Waals surface area contributed by atoms with Gasteiger partial charge in [0.15, 0.2) is 0 Å². The Balaban J connectivity index is 2.36. The first kappa shape index (κ1) is 13.6. The van der Waals surface area contributed by atoms with E-state index >= 15 is 0 Å². The molecule has 0 atom stereocenters. The molecule has 5 heteroatoms. The number of halogens is 1. The van der Waals surface area contributed by atoms with Crippen LogP contribution in [0.5, 0.6) is 5.75 Å². The van der Waals surface area contributed by atoms with Gasteiger partial charge in [0.05, 0.1) is 12.2 Å². The van der Waals surface area contributed by atoms with Crippen molar-refractivity contribution in [3.05, 3.63) is 34.9 Å².